The first kappa shape index (κ1) is 16.0. The van der Waals surface area contributed by atoms with E-state index in [1.807, 2.05) is 4.57 Å². The maximum Gasteiger partial charge on any atom is 0.326 e. The van der Waals surface area contributed by atoms with Crippen molar-refractivity contribution < 1.29 is 0 Å². The van der Waals surface area contributed by atoms with Crippen LogP contribution in [0.5, 0.6) is 0 Å². The van der Waals surface area contributed by atoms with Gasteiger partial charge in [0.25, 0.3) is 0 Å². The van der Waals surface area contributed by atoms with Crippen molar-refractivity contribution in [1.29, 1.82) is 0 Å². The monoisotopic (exact) mass is 314 g/mol. The van der Waals surface area contributed by atoms with E-state index < -0.39 is 0 Å². The molecule has 1 aromatic carbocycles. The van der Waals surface area contributed by atoms with Crippen LogP contribution in [0.3, 0.4) is 0 Å². The Labute approximate surface area is 137 Å². The summed E-state index contributed by atoms with van der Waals surface area (Å²) in [6.07, 6.45) is 1.96. The molecule has 5 heteroatoms. The van der Waals surface area contributed by atoms with Gasteiger partial charge in [0.2, 0.25) is 0 Å². The van der Waals surface area contributed by atoms with Gasteiger partial charge in [0.1, 0.15) is 0 Å². The Morgan fingerprint density at radius 3 is 2.30 bits per heavy atom. The lowest BCUT2D eigenvalue weighted by atomic mass is 9.96. The Balaban J connectivity index is 2.07. The molecule has 1 fully saturated rings. The minimum atomic E-state index is 0.0245. The molecule has 1 saturated heterocycles. The number of nitrogens with zero attached hydrogens (tertiary/aromatic N) is 3. The molecule has 1 aliphatic rings. The van der Waals surface area contributed by atoms with Gasteiger partial charge in [-0.1, -0.05) is 0 Å². The number of aliphatic imine (C=N–C) groups is 1. The average Bonchev–Trinajstić information content (AvgIpc) is 2.89. The number of aromatic amines is 1. The van der Waals surface area contributed by atoms with Gasteiger partial charge in [0.05, 0.1) is 17.7 Å². The molecule has 2 heterocycles. The second-order valence-electron chi connectivity index (χ2n) is 6.74. The molecule has 1 aliphatic heterocycles. The number of likely N-dealkylation sites (tertiary alicyclic amines) is 1. The number of hydrogen-bond donors (Lipinski definition) is 1. The van der Waals surface area contributed by atoms with Crippen molar-refractivity contribution in [3.63, 3.8) is 0 Å². The summed E-state index contributed by atoms with van der Waals surface area (Å²) in [6.45, 7) is 14.7. The molecule has 0 unspecified atom stereocenters. The van der Waals surface area contributed by atoms with Crippen LogP contribution in [0.1, 0.15) is 41.1 Å². The quantitative estimate of drug-likeness (QED) is 0.886. The Morgan fingerprint density at radius 2 is 1.70 bits per heavy atom. The molecule has 0 saturated carbocycles. The van der Waals surface area contributed by atoms with E-state index >= 15 is 0 Å². The lowest BCUT2D eigenvalue weighted by Crippen LogP contribution is -2.37. The number of nitrogens with one attached hydrogen (secondary N) is 1. The Morgan fingerprint density at radius 1 is 1.09 bits per heavy atom. The van der Waals surface area contributed by atoms with Crippen molar-refractivity contribution in [2.45, 2.75) is 46.6 Å². The molecule has 124 valence electrons. The van der Waals surface area contributed by atoms with Gasteiger partial charge < -0.3 is 4.98 Å². The summed E-state index contributed by atoms with van der Waals surface area (Å²) < 4.78 is 2.00. The first-order valence-corrected chi connectivity index (χ1v) is 8.31. The van der Waals surface area contributed by atoms with Crippen LogP contribution in [0.2, 0.25) is 0 Å². The third-order valence-corrected chi connectivity index (χ3v) is 5.57. The predicted molar refractivity (Wildman–Crippen MR) is 95.8 cm³/mol. The van der Waals surface area contributed by atoms with Crippen LogP contribution in [-0.2, 0) is 0 Å². The normalized spacial score (nSPS) is 17.0. The molecule has 0 spiro atoms. The molecule has 2 aromatic rings. The third kappa shape index (κ3) is 2.53. The van der Waals surface area contributed by atoms with Crippen LogP contribution in [0.25, 0.3) is 11.0 Å². The molecule has 0 atom stereocenters. The number of rotatable bonds is 3. The maximum absolute atomic E-state index is 12.6. The topological polar surface area (TPSA) is 53.4 Å². The number of H-pyrrole nitrogens is 1. The van der Waals surface area contributed by atoms with E-state index in [0.717, 1.165) is 37.0 Å². The van der Waals surface area contributed by atoms with Gasteiger partial charge in [0.15, 0.2) is 0 Å². The van der Waals surface area contributed by atoms with Gasteiger partial charge in [-0.3, -0.25) is 14.5 Å². The van der Waals surface area contributed by atoms with Gasteiger partial charge >= 0.3 is 5.69 Å². The van der Waals surface area contributed by atoms with Crippen molar-refractivity contribution in [3.8, 4) is 0 Å². The molecule has 3 rings (SSSR count). The van der Waals surface area contributed by atoms with Crippen LogP contribution in [0.4, 0.5) is 0 Å². The molecule has 0 amide bonds. The number of piperidine rings is 1. The summed E-state index contributed by atoms with van der Waals surface area (Å²) in [6, 6.07) is 0.262. The second kappa shape index (κ2) is 5.96. The van der Waals surface area contributed by atoms with E-state index in [0.29, 0.717) is 6.67 Å². The second-order valence-corrected chi connectivity index (χ2v) is 6.74. The van der Waals surface area contributed by atoms with E-state index in [9.17, 15) is 4.79 Å². The zero-order valence-corrected chi connectivity index (χ0v) is 14.6. The number of benzene rings is 1. The summed E-state index contributed by atoms with van der Waals surface area (Å²) in [5, 5.41) is 0. The highest BCUT2D eigenvalue weighted by Gasteiger charge is 2.25. The van der Waals surface area contributed by atoms with Gasteiger partial charge in [-0.15, -0.1) is 0 Å². The van der Waals surface area contributed by atoms with Crippen LogP contribution < -0.4 is 5.69 Å². The third-order valence-electron chi connectivity index (χ3n) is 5.57. The van der Waals surface area contributed by atoms with E-state index in [1.54, 1.807) is 0 Å². The van der Waals surface area contributed by atoms with Crippen LogP contribution in [0, 0.1) is 27.7 Å². The lowest BCUT2D eigenvalue weighted by molar-refractivity contribution is 0.192. The molecule has 0 aliphatic carbocycles. The fraction of sp³-hybridized carbons (Fsp3) is 0.556. The Hall–Kier alpha value is -1.88. The van der Waals surface area contributed by atoms with Crippen molar-refractivity contribution >= 4 is 17.8 Å². The molecule has 0 radical (unpaired) electrons. The van der Waals surface area contributed by atoms with E-state index in [4.69, 9.17) is 0 Å². The summed E-state index contributed by atoms with van der Waals surface area (Å²) in [5.41, 5.74) is 7.09. The molecule has 5 nitrogen and oxygen atoms in total. The molecule has 1 aromatic heterocycles. The van der Waals surface area contributed by atoms with E-state index in [2.05, 4.69) is 49.3 Å². The maximum atomic E-state index is 12.6. The van der Waals surface area contributed by atoms with Crippen molar-refractivity contribution in [3.05, 3.63) is 32.7 Å². The highest BCUT2D eigenvalue weighted by molar-refractivity contribution is 5.85. The first-order valence-electron chi connectivity index (χ1n) is 8.31. The number of aromatic nitrogens is 2. The van der Waals surface area contributed by atoms with Gasteiger partial charge in [-0.25, -0.2) is 4.79 Å². The van der Waals surface area contributed by atoms with Crippen LogP contribution in [-0.4, -0.2) is 40.9 Å². The van der Waals surface area contributed by atoms with Gasteiger partial charge in [0, 0.05) is 19.1 Å². The fourth-order valence-electron chi connectivity index (χ4n) is 3.82. The predicted octanol–water partition coefficient (Wildman–Crippen LogP) is 2.86. The number of imidazole rings is 1. The summed E-state index contributed by atoms with van der Waals surface area (Å²) in [4.78, 5) is 22.0. The summed E-state index contributed by atoms with van der Waals surface area (Å²) in [7, 11) is 0. The molecular formula is C18H26N4O. The SMILES string of the molecule is C=NCN1CCC(n2c(=O)[nH]c3c(C)c(C)c(C)c(C)c32)CC1. The average molecular weight is 314 g/mol. The van der Waals surface area contributed by atoms with Crippen molar-refractivity contribution in [2.75, 3.05) is 19.8 Å². The van der Waals surface area contributed by atoms with Crippen molar-refractivity contribution in [2.24, 2.45) is 4.99 Å². The van der Waals surface area contributed by atoms with Crippen LogP contribution in [0.15, 0.2) is 9.79 Å². The van der Waals surface area contributed by atoms with Gasteiger partial charge in [-0.05, 0) is 69.5 Å². The zero-order valence-electron chi connectivity index (χ0n) is 14.6. The molecule has 0 bridgehead atoms. The molecular weight excluding hydrogens is 288 g/mol. The number of aryl methyl sites for hydroxylation is 2. The lowest BCUT2D eigenvalue weighted by Gasteiger charge is -2.31. The summed E-state index contributed by atoms with van der Waals surface area (Å²) in [5.74, 6) is 0. The first-order chi connectivity index (χ1) is 11.0. The van der Waals surface area contributed by atoms with E-state index in [-0.39, 0.29) is 11.7 Å². The Bertz CT molecular complexity index is 807. The minimum absolute atomic E-state index is 0.0245. The van der Waals surface area contributed by atoms with Gasteiger partial charge in [-0.2, -0.15) is 0 Å². The van der Waals surface area contributed by atoms with Crippen molar-refractivity contribution in [1.82, 2.24) is 14.5 Å². The zero-order chi connectivity index (χ0) is 16.7. The summed E-state index contributed by atoms with van der Waals surface area (Å²) >= 11 is 0. The minimum Gasteiger partial charge on any atom is -0.305 e. The largest absolute Gasteiger partial charge is 0.326 e. The number of fused-ring (bicyclic) bond motifs is 1. The molecule has 23 heavy (non-hydrogen) atoms. The van der Waals surface area contributed by atoms with E-state index in [1.165, 1.54) is 22.3 Å². The molecule has 1 N–H and O–H groups in total. The Kier molecular flexibility index (Phi) is 4.15. The van der Waals surface area contributed by atoms with Crippen LogP contribution >= 0.6 is 0 Å². The standard InChI is InChI=1S/C18H26N4O/c1-11-12(2)14(4)17-16(13(11)3)20-18(23)22(17)15-6-8-21(9-7-15)10-19-5/h15H,5-10H2,1-4H3,(H,20,23). The highest BCUT2D eigenvalue weighted by atomic mass is 16.1. The smallest absolute Gasteiger partial charge is 0.305 e. The number of hydrogen-bond acceptors (Lipinski definition) is 3. The highest BCUT2D eigenvalue weighted by Crippen LogP contribution is 2.31. The fourth-order valence-corrected chi connectivity index (χ4v) is 3.82.